The van der Waals surface area contributed by atoms with Crippen molar-refractivity contribution in [3.05, 3.63) is 39.5 Å². The van der Waals surface area contributed by atoms with Crippen LogP contribution in [0.1, 0.15) is 47.1 Å². The molecule has 3 nitrogen and oxygen atoms in total. The van der Waals surface area contributed by atoms with E-state index in [-0.39, 0.29) is 11.1 Å². The van der Waals surface area contributed by atoms with Crippen molar-refractivity contribution in [2.24, 2.45) is 11.8 Å². The van der Waals surface area contributed by atoms with E-state index in [1.807, 2.05) is 12.1 Å². The van der Waals surface area contributed by atoms with E-state index >= 15 is 0 Å². The molecule has 0 N–H and O–H groups in total. The Bertz CT molecular complexity index is 616. The van der Waals surface area contributed by atoms with Gasteiger partial charge in [0.25, 0.3) is 0 Å². The highest BCUT2D eigenvalue weighted by atomic mass is 127. The molecule has 0 aliphatic carbocycles. The Labute approximate surface area is 187 Å². The first-order chi connectivity index (χ1) is 12.9. The van der Waals surface area contributed by atoms with Gasteiger partial charge in [-0.05, 0) is 68.9 Å². The molecule has 3 atom stereocenters. The number of hydrogen-bond donors (Lipinski definition) is 0. The van der Waals surface area contributed by atoms with Crippen LogP contribution in [0.25, 0.3) is 0 Å². The maximum atomic E-state index is 6.85. The normalized spacial score (nSPS) is 16.6. The molecule has 0 amide bonds. The zero-order valence-electron chi connectivity index (χ0n) is 19.1. The van der Waals surface area contributed by atoms with Crippen LogP contribution in [0.4, 0.5) is 0 Å². The smallest absolute Gasteiger partial charge is 0.192 e. The van der Waals surface area contributed by atoms with Crippen molar-refractivity contribution >= 4 is 30.9 Å². The van der Waals surface area contributed by atoms with Gasteiger partial charge in [-0.3, -0.25) is 0 Å². The first kappa shape index (κ1) is 25.7. The molecule has 0 aliphatic heterocycles. The van der Waals surface area contributed by atoms with E-state index in [1.165, 1.54) is 3.58 Å². The predicted octanol–water partition coefficient (Wildman–Crippen LogP) is 7.21. The zero-order valence-corrected chi connectivity index (χ0v) is 22.3. The summed E-state index contributed by atoms with van der Waals surface area (Å²) in [4.78, 5) is 0. The zero-order chi connectivity index (χ0) is 21.5. The number of methoxy groups -OCH3 is 1. The van der Waals surface area contributed by atoms with Crippen molar-refractivity contribution in [3.63, 3.8) is 0 Å². The summed E-state index contributed by atoms with van der Waals surface area (Å²) in [7, 11) is -0.176. The number of hydrogen-bond acceptors (Lipinski definition) is 3. The second-order valence-corrected chi connectivity index (χ2v) is 15.8. The minimum atomic E-state index is -1.86. The lowest BCUT2D eigenvalue weighted by atomic mass is 9.94. The highest BCUT2D eigenvalue weighted by Crippen LogP contribution is 2.39. The third-order valence-electron chi connectivity index (χ3n) is 5.62. The van der Waals surface area contributed by atoms with Crippen molar-refractivity contribution in [1.29, 1.82) is 0 Å². The second kappa shape index (κ2) is 11.1. The first-order valence-electron chi connectivity index (χ1n) is 10.1. The summed E-state index contributed by atoms with van der Waals surface area (Å²) in [6, 6.07) is 8.05. The average Bonchev–Trinajstić information content (AvgIpc) is 2.58. The highest BCUT2D eigenvalue weighted by Gasteiger charge is 2.41. The molecule has 0 radical (unpaired) electrons. The van der Waals surface area contributed by atoms with Crippen molar-refractivity contribution in [2.45, 2.75) is 72.4 Å². The third kappa shape index (κ3) is 8.17. The van der Waals surface area contributed by atoms with Crippen molar-refractivity contribution in [1.82, 2.24) is 0 Å². The van der Waals surface area contributed by atoms with Gasteiger partial charge in [-0.15, -0.1) is 0 Å². The monoisotopic (exact) mass is 518 g/mol. The maximum Gasteiger partial charge on any atom is 0.192 e. The standard InChI is InChI=1S/C23H39IO3Si/c1-17(14-19(3)24)22(27-28(8,9)23(4,5)6)18(2)15-26-16-20-10-12-21(25-7)13-11-20/h10-14,17-18,22H,15-16H2,1-9H3/b19-14+/t17-,18+,22-/m1/s1. The molecule has 5 heteroatoms. The molecular formula is C23H39IO3Si. The molecule has 28 heavy (non-hydrogen) atoms. The Morgan fingerprint density at radius 1 is 1.14 bits per heavy atom. The molecular weight excluding hydrogens is 479 g/mol. The Morgan fingerprint density at radius 2 is 1.71 bits per heavy atom. The number of allylic oxidation sites excluding steroid dienone is 1. The minimum absolute atomic E-state index is 0.154. The van der Waals surface area contributed by atoms with E-state index in [2.05, 4.69) is 95.4 Å². The fraction of sp³-hybridized carbons (Fsp3) is 0.652. The van der Waals surface area contributed by atoms with Crippen LogP contribution < -0.4 is 4.74 Å². The highest BCUT2D eigenvalue weighted by molar-refractivity contribution is 14.1. The van der Waals surface area contributed by atoms with E-state index in [1.54, 1.807) is 7.11 Å². The maximum absolute atomic E-state index is 6.85. The topological polar surface area (TPSA) is 27.7 Å². The fourth-order valence-electron chi connectivity index (χ4n) is 2.90. The van der Waals surface area contributed by atoms with Crippen LogP contribution in [0.3, 0.4) is 0 Å². The molecule has 160 valence electrons. The van der Waals surface area contributed by atoms with E-state index in [0.29, 0.717) is 25.0 Å². The predicted molar refractivity (Wildman–Crippen MR) is 131 cm³/mol. The summed E-state index contributed by atoms with van der Waals surface area (Å²) in [6.45, 7) is 19.5. The van der Waals surface area contributed by atoms with Gasteiger partial charge in [0, 0.05) is 11.8 Å². The number of halogens is 1. The van der Waals surface area contributed by atoms with Gasteiger partial charge in [-0.1, -0.05) is 52.8 Å². The Hall–Kier alpha value is -0.373. The van der Waals surface area contributed by atoms with Crippen LogP contribution in [-0.4, -0.2) is 28.1 Å². The van der Waals surface area contributed by atoms with Crippen LogP contribution in [0, 0.1) is 11.8 Å². The number of benzene rings is 1. The average molecular weight is 519 g/mol. The van der Waals surface area contributed by atoms with Gasteiger partial charge in [0.15, 0.2) is 8.32 Å². The second-order valence-electron chi connectivity index (χ2n) is 9.30. The molecule has 0 fully saturated rings. The van der Waals surface area contributed by atoms with Gasteiger partial charge in [-0.2, -0.15) is 0 Å². The van der Waals surface area contributed by atoms with Crippen LogP contribution in [0.2, 0.25) is 18.1 Å². The molecule has 0 saturated carbocycles. The largest absolute Gasteiger partial charge is 0.497 e. The van der Waals surface area contributed by atoms with Gasteiger partial charge >= 0.3 is 0 Å². The molecule has 0 spiro atoms. The molecule has 1 aromatic rings. The summed E-state index contributed by atoms with van der Waals surface area (Å²) in [6.07, 6.45) is 2.47. The van der Waals surface area contributed by atoms with Gasteiger partial charge in [0.1, 0.15) is 5.75 Å². The molecule has 0 aromatic heterocycles. The SMILES string of the molecule is COc1ccc(COC[C@H](C)[C@H](O[Si](C)(C)C(C)(C)C)[C@H](C)/C=C(\C)I)cc1. The summed E-state index contributed by atoms with van der Waals surface area (Å²) >= 11 is 2.39. The number of rotatable bonds is 10. The summed E-state index contributed by atoms with van der Waals surface area (Å²) in [5.74, 6) is 1.54. The lowest BCUT2D eigenvalue weighted by Crippen LogP contribution is -2.47. The molecule has 0 aliphatic rings. The van der Waals surface area contributed by atoms with Crippen LogP contribution in [0.15, 0.2) is 33.9 Å². The van der Waals surface area contributed by atoms with Crippen LogP contribution >= 0.6 is 22.6 Å². The van der Waals surface area contributed by atoms with E-state index in [0.717, 1.165) is 11.3 Å². The quantitative estimate of drug-likeness (QED) is 0.242. The van der Waals surface area contributed by atoms with E-state index in [4.69, 9.17) is 13.9 Å². The first-order valence-corrected chi connectivity index (χ1v) is 14.1. The van der Waals surface area contributed by atoms with Crippen LogP contribution in [0.5, 0.6) is 5.75 Å². The summed E-state index contributed by atoms with van der Waals surface area (Å²) in [5, 5.41) is 0.192. The Balaban J connectivity index is 2.80. The molecule has 1 aromatic carbocycles. The Morgan fingerprint density at radius 3 is 2.18 bits per heavy atom. The third-order valence-corrected chi connectivity index (χ3v) is 10.5. The minimum Gasteiger partial charge on any atom is -0.497 e. The van der Waals surface area contributed by atoms with E-state index < -0.39 is 8.32 Å². The molecule has 0 bridgehead atoms. The molecule has 0 saturated heterocycles. The molecule has 0 heterocycles. The van der Waals surface area contributed by atoms with Crippen molar-refractivity contribution < 1.29 is 13.9 Å². The molecule has 0 unspecified atom stereocenters. The number of ether oxygens (including phenoxy) is 2. The summed E-state index contributed by atoms with van der Waals surface area (Å²) in [5.41, 5.74) is 1.16. The van der Waals surface area contributed by atoms with Gasteiger partial charge in [0.05, 0.1) is 26.4 Å². The van der Waals surface area contributed by atoms with Gasteiger partial charge in [-0.25, -0.2) is 0 Å². The van der Waals surface area contributed by atoms with Crippen molar-refractivity contribution in [2.75, 3.05) is 13.7 Å². The van der Waals surface area contributed by atoms with Crippen LogP contribution in [-0.2, 0) is 15.8 Å². The summed E-state index contributed by atoms with van der Waals surface area (Å²) < 4.78 is 19.4. The van der Waals surface area contributed by atoms with E-state index in [9.17, 15) is 0 Å². The van der Waals surface area contributed by atoms with Gasteiger partial charge < -0.3 is 13.9 Å². The van der Waals surface area contributed by atoms with Gasteiger partial charge in [0.2, 0.25) is 0 Å². The lowest BCUT2D eigenvalue weighted by molar-refractivity contribution is 0.0194. The molecule has 1 rings (SSSR count). The Kier molecular flexibility index (Phi) is 10.2. The van der Waals surface area contributed by atoms with Crippen molar-refractivity contribution in [3.8, 4) is 5.75 Å². The lowest BCUT2D eigenvalue weighted by Gasteiger charge is -2.42. The fourth-order valence-corrected chi connectivity index (χ4v) is 4.94.